The molecule has 1 fully saturated rings. The normalized spacial score (nSPS) is 19.1. The highest BCUT2D eigenvalue weighted by Gasteiger charge is 2.27. The molecule has 0 amide bonds. The number of carbonyl (C=O) groups is 1. The summed E-state index contributed by atoms with van der Waals surface area (Å²) < 4.78 is 31.7. The predicted octanol–water partition coefficient (Wildman–Crippen LogP) is 1.35. The Morgan fingerprint density at radius 1 is 1.48 bits per heavy atom. The minimum absolute atomic E-state index is 0.0308. The van der Waals surface area contributed by atoms with Crippen molar-refractivity contribution in [3.05, 3.63) is 29.3 Å². The molecule has 1 aliphatic heterocycles. The van der Waals surface area contributed by atoms with Crippen molar-refractivity contribution in [3.8, 4) is 0 Å². The number of sulfonamides is 1. The van der Waals surface area contributed by atoms with E-state index in [4.69, 9.17) is 9.84 Å². The molecule has 0 spiro atoms. The molecule has 0 aliphatic carbocycles. The molecule has 7 heteroatoms. The van der Waals surface area contributed by atoms with Gasteiger partial charge in [0.1, 0.15) is 0 Å². The summed E-state index contributed by atoms with van der Waals surface area (Å²) in [6.07, 6.45) is 0.841. The average Bonchev–Trinajstić information content (AvgIpc) is 2.91. The SMILES string of the molecule is Cc1ccc(C(=O)O)cc1S(=O)(=O)N(C)CC1CCOC1. The fourth-order valence-electron chi connectivity index (χ4n) is 2.37. The summed E-state index contributed by atoms with van der Waals surface area (Å²) in [5, 5.41) is 9.01. The van der Waals surface area contributed by atoms with Crippen LogP contribution in [0.25, 0.3) is 0 Å². The lowest BCUT2D eigenvalue weighted by molar-refractivity contribution is 0.0696. The number of carboxylic acid groups (broad SMARTS) is 1. The van der Waals surface area contributed by atoms with Crippen LogP contribution < -0.4 is 0 Å². The van der Waals surface area contributed by atoms with Crippen LogP contribution in [-0.2, 0) is 14.8 Å². The largest absolute Gasteiger partial charge is 0.478 e. The van der Waals surface area contributed by atoms with Gasteiger partial charge in [0, 0.05) is 20.2 Å². The summed E-state index contributed by atoms with van der Waals surface area (Å²) in [6.45, 7) is 3.25. The zero-order valence-corrected chi connectivity index (χ0v) is 12.9. The summed E-state index contributed by atoms with van der Waals surface area (Å²) >= 11 is 0. The molecule has 1 aliphatic rings. The number of hydrogen-bond acceptors (Lipinski definition) is 4. The second-order valence-corrected chi connectivity index (χ2v) is 7.31. The smallest absolute Gasteiger partial charge is 0.335 e. The molecular weight excluding hydrogens is 294 g/mol. The Morgan fingerprint density at radius 2 is 2.19 bits per heavy atom. The zero-order valence-electron chi connectivity index (χ0n) is 12.1. The van der Waals surface area contributed by atoms with Crippen LogP contribution >= 0.6 is 0 Å². The Morgan fingerprint density at radius 3 is 2.76 bits per heavy atom. The number of aromatic carboxylic acids is 1. The molecule has 1 heterocycles. The van der Waals surface area contributed by atoms with Gasteiger partial charge in [-0.2, -0.15) is 0 Å². The van der Waals surface area contributed by atoms with E-state index >= 15 is 0 Å². The van der Waals surface area contributed by atoms with Crippen LogP contribution in [0.2, 0.25) is 0 Å². The van der Waals surface area contributed by atoms with Crippen molar-refractivity contribution in [2.45, 2.75) is 18.2 Å². The second kappa shape index (κ2) is 6.13. The lowest BCUT2D eigenvalue weighted by Gasteiger charge is -2.21. The van der Waals surface area contributed by atoms with Crippen LogP contribution in [0.1, 0.15) is 22.3 Å². The van der Waals surface area contributed by atoms with Gasteiger partial charge in [-0.3, -0.25) is 0 Å². The van der Waals surface area contributed by atoms with E-state index in [1.807, 2.05) is 0 Å². The molecule has 21 heavy (non-hydrogen) atoms. The number of ether oxygens (including phenoxy) is 1. The molecule has 1 unspecified atom stereocenters. The highest BCUT2D eigenvalue weighted by atomic mass is 32.2. The van der Waals surface area contributed by atoms with Gasteiger partial charge in [-0.1, -0.05) is 6.07 Å². The molecule has 0 radical (unpaired) electrons. The van der Waals surface area contributed by atoms with Gasteiger partial charge in [0.2, 0.25) is 10.0 Å². The zero-order chi connectivity index (χ0) is 15.6. The minimum atomic E-state index is -3.70. The van der Waals surface area contributed by atoms with Crippen molar-refractivity contribution in [1.29, 1.82) is 0 Å². The van der Waals surface area contributed by atoms with Crippen molar-refractivity contribution in [3.63, 3.8) is 0 Å². The van der Waals surface area contributed by atoms with Crippen molar-refractivity contribution >= 4 is 16.0 Å². The quantitative estimate of drug-likeness (QED) is 0.887. The number of rotatable bonds is 5. The van der Waals surface area contributed by atoms with Gasteiger partial charge in [0.05, 0.1) is 17.1 Å². The first-order valence-electron chi connectivity index (χ1n) is 6.70. The molecule has 1 aromatic rings. The highest BCUT2D eigenvalue weighted by Crippen LogP contribution is 2.23. The van der Waals surface area contributed by atoms with Crippen LogP contribution in [0.15, 0.2) is 23.1 Å². The number of carboxylic acids is 1. The van der Waals surface area contributed by atoms with Crippen LogP contribution in [0.4, 0.5) is 0 Å². The molecular formula is C14H19NO5S. The Kier molecular flexibility index (Phi) is 4.65. The third-order valence-electron chi connectivity index (χ3n) is 3.66. The second-order valence-electron chi connectivity index (χ2n) is 5.30. The molecule has 0 saturated carbocycles. The summed E-state index contributed by atoms with van der Waals surface area (Å²) in [5.41, 5.74) is 0.506. The van der Waals surface area contributed by atoms with E-state index in [2.05, 4.69) is 0 Å². The summed E-state index contributed by atoms with van der Waals surface area (Å²) in [4.78, 5) is 11.1. The maximum absolute atomic E-state index is 12.6. The van der Waals surface area contributed by atoms with Gasteiger partial charge in [-0.05, 0) is 37.0 Å². The van der Waals surface area contributed by atoms with E-state index in [0.717, 1.165) is 6.42 Å². The van der Waals surface area contributed by atoms with Crippen LogP contribution in [-0.4, -0.2) is 50.6 Å². The van der Waals surface area contributed by atoms with Crippen molar-refractivity contribution in [2.24, 2.45) is 5.92 Å². The number of hydrogen-bond donors (Lipinski definition) is 1. The molecule has 1 atom stereocenters. The van der Waals surface area contributed by atoms with E-state index in [1.54, 1.807) is 6.92 Å². The maximum Gasteiger partial charge on any atom is 0.335 e. The maximum atomic E-state index is 12.6. The Bertz CT molecular complexity index is 635. The topological polar surface area (TPSA) is 83.9 Å². The van der Waals surface area contributed by atoms with Crippen molar-refractivity contribution < 1.29 is 23.1 Å². The number of benzene rings is 1. The van der Waals surface area contributed by atoms with E-state index < -0.39 is 16.0 Å². The highest BCUT2D eigenvalue weighted by molar-refractivity contribution is 7.89. The lowest BCUT2D eigenvalue weighted by atomic mass is 10.1. The van der Waals surface area contributed by atoms with Gasteiger partial charge in [0.15, 0.2) is 0 Å². The molecule has 0 bridgehead atoms. The van der Waals surface area contributed by atoms with Gasteiger partial charge < -0.3 is 9.84 Å². The average molecular weight is 313 g/mol. The molecule has 0 aromatic heterocycles. The predicted molar refractivity (Wildman–Crippen MR) is 76.9 cm³/mol. The molecule has 6 nitrogen and oxygen atoms in total. The first-order chi connectivity index (χ1) is 9.82. The fraction of sp³-hybridized carbons (Fsp3) is 0.500. The standard InChI is InChI=1S/C14H19NO5S/c1-10-3-4-12(14(16)17)7-13(10)21(18,19)15(2)8-11-5-6-20-9-11/h3-4,7,11H,5-6,8-9H2,1-2H3,(H,16,17). The summed E-state index contributed by atoms with van der Waals surface area (Å²) in [6, 6.07) is 4.14. The molecule has 116 valence electrons. The molecule has 1 saturated heterocycles. The third-order valence-corrected chi connectivity index (χ3v) is 5.63. The van der Waals surface area contributed by atoms with E-state index in [-0.39, 0.29) is 16.4 Å². The third kappa shape index (κ3) is 3.42. The van der Waals surface area contributed by atoms with Crippen LogP contribution in [0.5, 0.6) is 0 Å². The Labute approximate surface area is 124 Å². The van der Waals surface area contributed by atoms with E-state index in [0.29, 0.717) is 25.3 Å². The monoisotopic (exact) mass is 313 g/mol. The molecule has 1 N–H and O–H groups in total. The van der Waals surface area contributed by atoms with E-state index in [9.17, 15) is 13.2 Å². The minimum Gasteiger partial charge on any atom is -0.478 e. The van der Waals surface area contributed by atoms with Gasteiger partial charge in [-0.15, -0.1) is 0 Å². The van der Waals surface area contributed by atoms with Crippen molar-refractivity contribution in [2.75, 3.05) is 26.8 Å². The Hall–Kier alpha value is -1.44. The van der Waals surface area contributed by atoms with Gasteiger partial charge in [-0.25, -0.2) is 17.5 Å². The summed E-state index contributed by atoms with van der Waals surface area (Å²) in [7, 11) is -2.18. The van der Waals surface area contributed by atoms with E-state index in [1.165, 1.54) is 29.6 Å². The summed E-state index contributed by atoms with van der Waals surface area (Å²) in [5.74, 6) is -0.953. The fourth-order valence-corrected chi connectivity index (χ4v) is 3.86. The Balaban J connectivity index is 2.29. The van der Waals surface area contributed by atoms with Gasteiger partial charge in [0.25, 0.3) is 0 Å². The first kappa shape index (κ1) is 15.9. The van der Waals surface area contributed by atoms with Crippen LogP contribution in [0.3, 0.4) is 0 Å². The van der Waals surface area contributed by atoms with Crippen molar-refractivity contribution in [1.82, 2.24) is 4.31 Å². The lowest BCUT2D eigenvalue weighted by Crippen LogP contribution is -2.32. The first-order valence-corrected chi connectivity index (χ1v) is 8.14. The molecule has 1 aromatic carbocycles. The van der Waals surface area contributed by atoms with Crippen LogP contribution in [0, 0.1) is 12.8 Å². The number of aryl methyl sites for hydroxylation is 1. The molecule has 2 rings (SSSR count). The number of nitrogens with zero attached hydrogens (tertiary/aromatic N) is 1. The van der Waals surface area contributed by atoms with Gasteiger partial charge >= 0.3 is 5.97 Å².